The highest BCUT2D eigenvalue weighted by molar-refractivity contribution is 9.10. The highest BCUT2D eigenvalue weighted by atomic mass is 79.9. The summed E-state index contributed by atoms with van der Waals surface area (Å²) in [6.07, 6.45) is 0. The van der Waals surface area contributed by atoms with Gasteiger partial charge in [-0.25, -0.2) is 0 Å². The lowest BCUT2D eigenvalue weighted by Gasteiger charge is -2.09. The molecule has 0 amide bonds. The van der Waals surface area contributed by atoms with Gasteiger partial charge in [-0.1, -0.05) is 5.16 Å². The van der Waals surface area contributed by atoms with Crippen molar-refractivity contribution in [1.29, 1.82) is 0 Å². The van der Waals surface area contributed by atoms with Crippen molar-refractivity contribution < 1.29 is 9.94 Å². The Balaban J connectivity index is 2.10. The van der Waals surface area contributed by atoms with Crippen LogP contribution in [-0.4, -0.2) is 20.7 Å². The molecule has 1 aromatic carbocycles. The maximum Gasteiger partial charge on any atom is 0.131 e. The highest BCUT2D eigenvalue weighted by Crippen LogP contribution is 2.23. The Morgan fingerprint density at radius 1 is 1.38 bits per heavy atom. The van der Waals surface area contributed by atoms with Crippen molar-refractivity contribution in [3.63, 3.8) is 0 Å². The number of rotatable bonds is 5. The Kier molecular flexibility index (Phi) is 5.01. The SMILES string of the molecule is CCn1nc(C)c(Br)c1COc1ccc(C(C)=NO)cc1. The van der Waals surface area contributed by atoms with Crippen LogP contribution in [-0.2, 0) is 13.2 Å². The highest BCUT2D eigenvalue weighted by Gasteiger charge is 2.12. The van der Waals surface area contributed by atoms with Crippen molar-refractivity contribution in [2.75, 3.05) is 0 Å². The fraction of sp³-hybridized carbons (Fsp3) is 0.333. The zero-order valence-electron chi connectivity index (χ0n) is 12.3. The summed E-state index contributed by atoms with van der Waals surface area (Å²) in [6.45, 7) is 7.01. The molecule has 1 heterocycles. The molecule has 5 nitrogen and oxygen atoms in total. The van der Waals surface area contributed by atoms with Gasteiger partial charge in [-0.3, -0.25) is 4.68 Å². The van der Waals surface area contributed by atoms with Crippen LogP contribution in [0.2, 0.25) is 0 Å². The van der Waals surface area contributed by atoms with Crippen LogP contribution >= 0.6 is 15.9 Å². The number of aromatic nitrogens is 2. The molecule has 2 aromatic rings. The third-order valence-corrected chi connectivity index (χ3v) is 4.28. The minimum absolute atomic E-state index is 0.446. The van der Waals surface area contributed by atoms with E-state index in [2.05, 4.69) is 26.2 Å². The van der Waals surface area contributed by atoms with E-state index in [1.54, 1.807) is 6.92 Å². The maximum absolute atomic E-state index is 8.74. The van der Waals surface area contributed by atoms with Gasteiger partial charge in [0.1, 0.15) is 12.4 Å². The summed E-state index contributed by atoms with van der Waals surface area (Å²) in [7, 11) is 0. The van der Waals surface area contributed by atoms with Crippen LogP contribution in [0.4, 0.5) is 0 Å². The van der Waals surface area contributed by atoms with Gasteiger partial charge in [0.2, 0.25) is 0 Å². The van der Waals surface area contributed by atoms with E-state index in [9.17, 15) is 0 Å². The lowest BCUT2D eigenvalue weighted by Crippen LogP contribution is -2.06. The van der Waals surface area contributed by atoms with Crippen molar-refractivity contribution in [3.05, 3.63) is 45.7 Å². The molecule has 0 bridgehead atoms. The Labute approximate surface area is 132 Å². The number of ether oxygens (including phenoxy) is 1. The van der Waals surface area contributed by atoms with E-state index in [1.807, 2.05) is 42.8 Å². The van der Waals surface area contributed by atoms with Crippen LogP contribution in [0.25, 0.3) is 0 Å². The monoisotopic (exact) mass is 351 g/mol. The summed E-state index contributed by atoms with van der Waals surface area (Å²) in [5, 5.41) is 16.4. The van der Waals surface area contributed by atoms with Crippen LogP contribution in [0.1, 0.15) is 30.8 Å². The molecule has 112 valence electrons. The molecule has 1 N–H and O–H groups in total. The Morgan fingerprint density at radius 3 is 2.62 bits per heavy atom. The second kappa shape index (κ2) is 6.76. The topological polar surface area (TPSA) is 59.6 Å². The summed E-state index contributed by atoms with van der Waals surface area (Å²) in [5.41, 5.74) is 3.41. The quantitative estimate of drug-likeness (QED) is 0.507. The first-order valence-corrected chi connectivity index (χ1v) is 7.49. The van der Waals surface area contributed by atoms with E-state index in [4.69, 9.17) is 9.94 Å². The molecule has 21 heavy (non-hydrogen) atoms. The van der Waals surface area contributed by atoms with Crippen LogP contribution in [0.5, 0.6) is 5.75 Å². The third-order valence-electron chi connectivity index (χ3n) is 3.25. The lowest BCUT2D eigenvalue weighted by atomic mass is 10.1. The minimum atomic E-state index is 0.446. The summed E-state index contributed by atoms with van der Waals surface area (Å²) in [6, 6.07) is 7.44. The molecular weight excluding hydrogens is 334 g/mol. The average Bonchev–Trinajstić information content (AvgIpc) is 2.79. The molecule has 0 atom stereocenters. The number of halogens is 1. The first kappa shape index (κ1) is 15.6. The van der Waals surface area contributed by atoms with E-state index in [0.717, 1.165) is 33.7 Å². The molecule has 0 aliphatic carbocycles. The van der Waals surface area contributed by atoms with Crippen molar-refractivity contribution >= 4 is 21.6 Å². The predicted molar refractivity (Wildman–Crippen MR) is 85.1 cm³/mol. The zero-order chi connectivity index (χ0) is 15.4. The number of benzene rings is 1. The van der Waals surface area contributed by atoms with E-state index in [0.29, 0.717) is 12.3 Å². The van der Waals surface area contributed by atoms with Gasteiger partial charge < -0.3 is 9.94 Å². The number of hydrogen-bond acceptors (Lipinski definition) is 4. The number of nitrogens with zero attached hydrogens (tertiary/aromatic N) is 3. The van der Waals surface area contributed by atoms with Gasteiger partial charge in [0, 0.05) is 6.54 Å². The molecule has 0 aliphatic rings. The Morgan fingerprint density at radius 2 is 2.05 bits per heavy atom. The lowest BCUT2D eigenvalue weighted by molar-refractivity contribution is 0.291. The molecule has 0 unspecified atom stereocenters. The van der Waals surface area contributed by atoms with Gasteiger partial charge in [0.25, 0.3) is 0 Å². The van der Waals surface area contributed by atoms with E-state index >= 15 is 0 Å². The predicted octanol–water partition coefficient (Wildman–Crippen LogP) is 3.75. The largest absolute Gasteiger partial charge is 0.487 e. The van der Waals surface area contributed by atoms with E-state index in [-0.39, 0.29) is 0 Å². The molecule has 2 rings (SSSR count). The first-order valence-electron chi connectivity index (χ1n) is 6.70. The van der Waals surface area contributed by atoms with Gasteiger partial charge in [0.15, 0.2) is 0 Å². The Bertz CT molecular complexity index is 648. The molecule has 0 spiro atoms. The summed E-state index contributed by atoms with van der Waals surface area (Å²) in [5.74, 6) is 0.762. The molecule has 0 fully saturated rings. The van der Waals surface area contributed by atoms with Crippen molar-refractivity contribution in [2.24, 2.45) is 5.16 Å². The minimum Gasteiger partial charge on any atom is -0.487 e. The smallest absolute Gasteiger partial charge is 0.131 e. The maximum atomic E-state index is 8.74. The van der Waals surface area contributed by atoms with Gasteiger partial charge in [-0.15, -0.1) is 0 Å². The molecule has 6 heteroatoms. The van der Waals surface area contributed by atoms with Gasteiger partial charge in [0.05, 0.1) is 21.6 Å². The van der Waals surface area contributed by atoms with Crippen LogP contribution in [0.3, 0.4) is 0 Å². The van der Waals surface area contributed by atoms with Crippen LogP contribution < -0.4 is 4.74 Å². The Hall–Kier alpha value is -1.82. The first-order chi connectivity index (χ1) is 10.1. The number of oxime groups is 1. The summed E-state index contributed by atoms with van der Waals surface area (Å²) < 4.78 is 8.72. The molecular formula is C15H18BrN3O2. The molecule has 0 radical (unpaired) electrons. The van der Waals surface area contributed by atoms with Crippen LogP contribution in [0.15, 0.2) is 33.9 Å². The van der Waals surface area contributed by atoms with Crippen molar-refractivity contribution in [3.8, 4) is 5.75 Å². The standard InChI is InChI=1S/C15H18BrN3O2/c1-4-19-14(15(16)11(3)17-19)9-21-13-7-5-12(6-8-13)10(2)18-20/h5-8,20H,4,9H2,1-3H3. The van der Waals surface area contributed by atoms with Crippen LogP contribution in [0, 0.1) is 6.92 Å². The summed E-state index contributed by atoms with van der Waals surface area (Å²) >= 11 is 3.55. The average molecular weight is 352 g/mol. The fourth-order valence-corrected chi connectivity index (χ4v) is 2.41. The van der Waals surface area contributed by atoms with E-state index < -0.39 is 0 Å². The van der Waals surface area contributed by atoms with E-state index in [1.165, 1.54) is 0 Å². The number of aryl methyl sites for hydroxylation is 2. The summed E-state index contributed by atoms with van der Waals surface area (Å²) in [4.78, 5) is 0. The van der Waals surface area contributed by atoms with Gasteiger partial charge in [-0.05, 0) is 66.5 Å². The third kappa shape index (κ3) is 3.44. The molecule has 1 aromatic heterocycles. The van der Waals surface area contributed by atoms with Crippen molar-refractivity contribution in [2.45, 2.75) is 33.9 Å². The van der Waals surface area contributed by atoms with Gasteiger partial charge >= 0.3 is 0 Å². The molecule has 0 saturated carbocycles. The molecule has 0 saturated heterocycles. The number of hydrogen-bond donors (Lipinski definition) is 1. The molecule has 0 aliphatic heterocycles. The normalized spacial score (nSPS) is 11.7. The second-order valence-corrected chi connectivity index (χ2v) is 5.45. The van der Waals surface area contributed by atoms with Crippen molar-refractivity contribution in [1.82, 2.24) is 9.78 Å². The second-order valence-electron chi connectivity index (χ2n) is 4.66. The fourth-order valence-electron chi connectivity index (χ4n) is 2.01. The van der Waals surface area contributed by atoms with Gasteiger partial charge in [-0.2, -0.15) is 5.10 Å². The zero-order valence-corrected chi connectivity index (χ0v) is 13.9.